The summed E-state index contributed by atoms with van der Waals surface area (Å²) in [5.74, 6) is -0.755. The summed E-state index contributed by atoms with van der Waals surface area (Å²) in [6.45, 7) is 1.98. The maximum atomic E-state index is 12.3. The summed E-state index contributed by atoms with van der Waals surface area (Å²) in [4.78, 5) is 17.4. The maximum Gasteiger partial charge on any atom is 0.573 e. The Morgan fingerprint density at radius 3 is 2.68 bits per heavy atom. The molecule has 2 rings (SSSR count). The van der Waals surface area contributed by atoms with Gasteiger partial charge in [0.2, 0.25) is 6.10 Å². The first-order valence-corrected chi connectivity index (χ1v) is 8.72. The Kier molecular flexibility index (Phi) is 7.69. The van der Waals surface area contributed by atoms with E-state index in [2.05, 4.69) is 15.2 Å². The molecule has 5 nitrogen and oxygen atoms in total. The van der Waals surface area contributed by atoms with Crippen molar-refractivity contribution in [2.75, 3.05) is 0 Å². The molecule has 0 saturated carbocycles. The summed E-state index contributed by atoms with van der Waals surface area (Å²) in [6, 6.07) is 12.3. The number of alkyl halides is 3. The van der Waals surface area contributed by atoms with Crippen LogP contribution in [0.2, 0.25) is 5.02 Å². The molecule has 0 spiro atoms. The van der Waals surface area contributed by atoms with E-state index in [1.54, 1.807) is 25.1 Å². The molecule has 0 bridgehead atoms. The average molecular weight is 415 g/mol. The third-order valence-corrected chi connectivity index (χ3v) is 3.92. The lowest BCUT2D eigenvalue weighted by atomic mass is 10.2. The second-order valence-corrected chi connectivity index (χ2v) is 6.07. The van der Waals surface area contributed by atoms with Gasteiger partial charge in [0.05, 0.1) is 6.21 Å². The quantitative estimate of drug-likeness (QED) is 0.504. The van der Waals surface area contributed by atoms with Gasteiger partial charge in [0, 0.05) is 11.6 Å². The first kappa shape index (κ1) is 21.6. The molecule has 9 heteroatoms. The summed E-state index contributed by atoms with van der Waals surface area (Å²) in [7, 11) is 0. The van der Waals surface area contributed by atoms with Crippen molar-refractivity contribution in [2.45, 2.75) is 32.4 Å². The molecular weight excluding hydrogens is 397 g/mol. The van der Waals surface area contributed by atoms with Gasteiger partial charge in [-0.25, -0.2) is 0 Å². The van der Waals surface area contributed by atoms with Gasteiger partial charge in [-0.2, -0.15) is 0 Å². The fourth-order valence-corrected chi connectivity index (χ4v) is 2.41. The zero-order valence-corrected chi connectivity index (χ0v) is 15.6. The topological polar surface area (TPSA) is 59.9 Å². The Labute approximate surface area is 165 Å². The van der Waals surface area contributed by atoms with Gasteiger partial charge in [-0.15, -0.1) is 13.2 Å². The van der Waals surface area contributed by atoms with Crippen LogP contribution < -0.4 is 10.1 Å². The molecule has 28 heavy (non-hydrogen) atoms. The van der Waals surface area contributed by atoms with Crippen molar-refractivity contribution in [2.24, 2.45) is 5.16 Å². The second-order valence-electron chi connectivity index (χ2n) is 5.67. The monoisotopic (exact) mass is 414 g/mol. The highest BCUT2D eigenvalue weighted by molar-refractivity contribution is 6.31. The van der Waals surface area contributed by atoms with E-state index in [4.69, 9.17) is 16.4 Å². The number of hydrogen-bond donors (Lipinski definition) is 1. The number of rotatable bonds is 8. The molecule has 2 aromatic rings. The number of oxime groups is 1. The van der Waals surface area contributed by atoms with Gasteiger partial charge in [-0.05, 0) is 35.7 Å². The van der Waals surface area contributed by atoms with Crippen molar-refractivity contribution < 1.29 is 27.5 Å². The van der Waals surface area contributed by atoms with E-state index < -0.39 is 12.5 Å². The Hall–Kier alpha value is -2.74. The summed E-state index contributed by atoms with van der Waals surface area (Å²) < 4.78 is 40.6. The number of nitrogens with one attached hydrogen (secondary N) is 1. The molecule has 0 aromatic heterocycles. The van der Waals surface area contributed by atoms with Crippen LogP contribution >= 0.6 is 11.6 Å². The van der Waals surface area contributed by atoms with E-state index in [1.807, 2.05) is 6.07 Å². The number of carbonyl (C=O) groups is 1. The Bertz CT molecular complexity index is 828. The number of amides is 1. The van der Waals surface area contributed by atoms with Crippen molar-refractivity contribution in [3.63, 3.8) is 0 Å². The molecule has 0 aliphatic rings. The fraction of sp³-hybridized carbons (Fsp3) is 0.263. The molecular formula is C19H18ClF3N2O3. The Balaban J connectivity index is 1.91. The summed E-state index contributed by atoms with van der Waals surface area (Å²) in [5, 5.41) is 6.94. The summed E-state index contributed by atoms with van der Waals surface area (Å²) in [5.41, 5.74) is 1.09. The van der Waals surface area contributed by atoms with Crippen LogP contribution in [0.15, 0.2) is 53.7 Å². The van der Waals surface area contributed by atoms with E-state index >= 15 is 0 Å². The highest BCUT2D eigenvalue weighted by Crippen LogP contribution is 2.23. The molecule has 0 aliphatic carbocycles. The summed E-state index contributed by atoms with van der Waals surface area (Å²) in [6.07, 6.45) is -4.08. The average Bonchev–Trinajstić information content (AvgIpc) is 2.63. The minimum Gasteiger partial charge on any atom is -0.406 e. The molecule has 0 saturated heterocycles. The number of ether oxygens (including phenoxy) is 1. The van der Waals surface area contributed by atoms with Crippen LogP contribution in [0, 0.1) is 0 Å². The van der Waals surface area contributed by atoms with Gasteiger partial charge < -0.3 is 14.9 Å². The molecule has 150 valence electrons. The molecule has 0 radical (unpaired) electrons. The highest BCUT2D eigenvalue weighted by Gasteiger charge is 2.31. The van der Waals surface area contributed by atoms with Gasteiger partial charge in [-0.1, -0.05) is 54.0 Å². The lowest BCUT2D eigenvalue weighted by Gasteiger charge is -2.13. The van der Waals surface area contributed by atoms with E-state index in [-0.39, 0.29) is 18.2 Å². The van der Waals surface area contributed by atoms with Crippen LogP contribution in [0.5, 0.6) is 5.75 Å². The Morgan fingerprint density at radius 2 is 2.00 bits per heavy atom. The predicted molar refractivity (Wildman–Crippen MR) is 99.2 cm³/mol. The minimum absolute atomic E-state index is 0.235. The van der Waals surface area contributed by atoms with Crippen molar-refractivity contribution in [1.29, 1.82) is 0 Å². The number of halogens is 4. The van der Waals surface area contributed by atoms with Crippen LogP contribution in [-0.2, 0) is 16.2 Å². The molecule has 1 unspecified atom stereocenters. The molecule has 0 heterocycles. The lowest BCUT2D eigenvalue weighted by molar-refractivity contribution is -0.274. The second kappa shape index (κ2) is 9.98. The first-order valence-electron chi connectivity index (χ1n) is 8.34. The SMILES string of the molecule is CCC(ON=Cc1cccc(OC(F)(F)F)c1)C(=O)NCc1ccccc1Cl. The van der Waals surface area contributed by atoms with Gasteiger partial charge in [0.25, 0.3) is 5.91 Å². The van der Waals surface area contributed by atoms with E-state index in [9.17, 15) is 18.0 Å². The van der Waals surface area contributed by atoms with Crippen molar-refractivity contribution in [3.05, 3.63) is 64.7 Å². The summed E-state index contributed by atoms with van der Waals surface area (Å²) >= 11 is 6.04. The minimum atomic E-state index is -4.78. The van der Waals surface area contributed by atoms with Crippen molar-refractivity contribution in [3.8, 4) is 5.75 Å². The van der Waals surface area contributed by atoms with Gasteiger partial charge in [-0.3, -0.25) is 4.79 Å². The van der Waals surface area contributed by atoms with Crippen molar-refractivity contribution >= 4 is 23.7 Å². The molecule has 0 aliphatic heterocycles. The van der Waals surface area contributed by atoms with Crippen molar-refractivity contribution in [1.82, 2.24) is 5.32 Å². The first-order chi connectivity index (χ1) is 13.3. The molecule has 1 N–H and O–H groups in total. The number of nitrogens with zero attached hydrogens (tertiary/aromatic N) is 1. The highest BCUT2D eigenvalue weighted by atomic mass is 35.5. The predicted octanol–water partition coefficient (Wildman–Crippen LogP) is 4.68. The fourth-order valence-electron chi connectivity index (χ4n) is 2.20. The standard InChI is InChI=1S/C19H18ClF3N2O3/c1-2-17(18(26)24-12-14-7-3-4-9-16(14)20)28-25-11-13-6-5-8-15(10-13)27-19(21,22)23/h3-11,17H,2,12H2,1H3,(H,24,26). The largest absolute Gasteiger partial charge is 0.573 e. The zero-order chi connectivity index (χ0) is 20.6. The molecule has 2 aromatic carbocycles. The van der Waals surface area contributed by atoms with Crippen LogP contribution in [0.25, 0.3) is 0 Å². The van der Waals surface area contributed by atoms with E-state index in [0.29, 0.717) is 17.0 Å². The van der Waals surface area contributed by atoms with Crippen LogP contribution in [-0.4, -0.2) is 24.6 Å². The smallest absolute Gasteiger partial charge is 0.406 e. The van der Waals surface area contributed by atoms with E-state index in [1.165, 1.54) is 24.4 Å². The Morgan fingerprint density at radius 1 is 1.25 bits per heavy atom. The van der Waals surface area contributed by atoms with Crippen LogP contribution in [0.1, 0.15) is 24.5 Å². The zero-order valence-electron chi connectivity index (χ0n) is 14.9. The number of benzene rings is 2. The normalized spacial score (nSPS) is 12.6. The van der Waals surface area contributed by atoms with Gasteiger partial charge in [0.15, 0.2) is 0 Å². The number of carbonyl (C=O) groups excluding carboxylic acids is 1. The third-order valence-electron chi connectivity index (χ3n) is 3.56. The molecule has 1 atom stereocenters. The van der Waals surface area contributed by atoms with Crippen LogP contribution in [0.4, 0.5) is 13.2 Å². The lowest BCUT2D eigenvalue weighted by Crippen LogP contribution is -2.34. The van der Waals surface area contributed by atoms with Crippen LogP contribution in [0.3, 0.4) is 0 Å². The molecule has 0 fully saturated rings. The van der Waals surface area contributed by atoms with E-state index in [0.717, 1.165) is 11.6 Å². The van der Waals surface area contributed by atoms with Gasteiger partial charge in [0.1, 0.15) is 5.75 Å². The maximum absolute atomic E-state index is 12.3. The molecule has 1 amide bonds. The number of hydrogen-bond acceptors (Lipinski definition) is 4. The van der Waals surface area contributed by atoms with Gasteiger partial charge >= 0.3 is 6.36 Å². The third kappa shape index (κ3) is 7.11.